The van der Waals surface area contributed by atoms with E-state index in [0.717, 1.165) is 22.4 Å². The molecule has 1 aliphatic rings. The van der Waals surface area contributed by atoms with Crippen LogP contribution < -0.4 is 10.4 Å². The molecular weight excluding hydrogens is 816 g/mol. The summed E-state index contributed by atoms with van der Waals surface area (Å²) in [7, 11) is 0.795. The molecule has 2 atom stereocenters. The summed E-state index contributed by atoms with van der Waals surface area (Å²) < 4.78 is 0. The molecule has 0 fully saturated rings. The van der Waals surface area contributed by atoms with Gasteiger partial charge in [0.15, 0.2) is 0 Å². The second kappa shape index (κ2) is 20.9. The third-order valence-electron chi connectivity index (χ3n) is 12.1. The van der Waals surface area contributed by atoms with Crippen LogP contribution in [0.2, 0.25) is 0 Å². The van der Waals surface area contributed by atoms with Gasteiger partial charge >= 0.3 is 26.2 Å². The van der Waals surface area contributed by atoms with Gasteiger partial charge in [-0.15, -0.1) is 74.6 Å². The van der Waals surface area contributed by atoms with Crippen molar-refractivity contribution in [3.8, 4) is 33.4 Å². The Balaban J connectivity index is 0.000000155. The van der Waals surface area contributed by atoms with Gasteiger partial charge in [-0.1, -0.05) is 175 Å². The zero-order chi connectivity index (χ0) is 41.5. The molecule has 0 aliphatic carbocycles. The molecule has 0 spiro atoms. The predicted octanol–water partition coefficient (Wildman–Crippen LogP) is 15.0. The fourth-order valence-corrected chi connectivity index (χ4v) is 9.86. The molecule has 0 N–H and O–H groups in total. The number of rotatable bonds is 10. The zero-order valence-electron chi connectivity index (χ0n) is 37.1. The summed E-state index contributed by atoms with van der Waals surface area (Å²) in [5, 5.41) is 8.37. The van der Waals surface area contributed by atoms with Gasteiger partial charge in [0.2, 0.25) is 0 Å². The topological polar surface area (TPSA) is 0 Å². The third-order valence-corrected chi connectivity index (χ3v) is 13.5. The van der Waals surface area contributed by atoms with E-state index in [0.29, 0.717) is 23.7 Å². The Hall–Kier alpha value is -4.36. The molecule has 1 aliphatic heterocycles. The minimum absolute atomic E-state index is 0. The predicted molar refractivity (Wildman–Crippen MR) is 260 cm³/mol. The van der Waals surface area contributed by atoms with Gasteiger partial charge in [0.05, 0.1) is 9.52 Å². The minimum atomic E-state index is 0. The number of benzene rings is 6. The molecule has 0 nitrogen and oxygen atoms in total. The first-order chi connectivity index (χ1) is 28.6. The van der Waals surface area contributed by atoms with Crippen LogP contribution >= 0.6 is 0 Å². The van der Waals surface area contributed by atoms with Crippen molar-refractivity contribution in [3.63, 3.8) is 0 Å². The SMILES string of the molecule is CCC(C)c1cc2c(-c3ccccc3CC(C)C)cccc2[cH-]1.CCC(C)c1cc2c(-c3ccccc3CC(C)C)cccc2[cH-]1.[Zr+3].[c-]1cccc2c1[Si]c1ccccc1-2. The normalized spacial score (nSPS) is 12.6. The van der Waals surface area contributed by atoms with Crippen LogP contribution in [0.4, 0.5) is 0 Å². The second-order valence-corrected chi connectivity index (χ2v) is 18.7. The van der Waals surface area contributed by atoms with E-state index in [1.54, 1.807) is 0 Å². The molecule has 0 aromatic heterocycles. The van der Waals surface area contributed by atoms with Gasteiger partial charge in [-0.3, -0.25) is 0 Å². The van der Waals surface area contributed by atoms with Crippen molar-refractivity contribution >= 4 is 41.4 Å². The molecule has 8 aromatic carbocycles. The van der Waals surface area contributed by atoms with Gasteiger partial charge in [0.1, 0.15) is 0 Å². The van der Waals surface area contributed by atoms with Gasteiger partial charge in [-0.25, -0.2) is 0 Å². The quantitative estimate of drug-likeness (QED) is 0.0948. The fraction of sp³-hybridized carbons (Fsp3) is 0.276. The first kappa shape index (κ1) is 45.2. The summed E-state index contributed by atoms with van der Waals surface area (Å²) in [6, 6.07) is 59.0. The molecule has 8 aromatic rings. The van der Waals surface area contributed by atoms with Crippen molar-refractivity contribution in [1.82, 2.24) is 0 Å². The van der Waals surface area contributed by atoms with E-state index in [-0.39, 0.29) is 26.2 Å². The van der Waals surface area contributed by atoms with Gasteiger partial charge in [0.25, 0.3) is 0 Å². The van der Waals surface area contributed by atoms with Gasteiger partial charge < -0.3 is 0 Å². The third kappa shape index (κ3) is 10.4. The molecule has 1 heterocycles. The average molecular weight is 877 g/mol. The Labute approximate surface area is 383 Å². The summed E-state index contributed by atoms with van der Waals surface area (Å²) in [5.74, 6) is 2.60. The van der Waals surface area contributed by atoms with Crippen LogP contribution in [0.1, 0.15) is 102 Å². The second-order valence-electron chi connectivity index (χ2n) is 17.5. The smallest absolute Gasteiger partial charge is 0.184 e. The molecule has 0 amide bonds. The van der Waals surface area contributed by atoms with Crippen LogP contribution in [0.15, 0.2) is 152 Å². The van der Waals surface area contributed by atoms with Gasteiger partial charge in [0, 0.05) is 0 Å². The minimum Gasteiger partial charge on any atom is -0.184 e. The maximum atomic E-state index is 3.31. The van der Waals surface area contributed by atoms with Crippen molar-refractivity contribution in [2.24, 2.45) is 11.8 Å². The standard InChI is InChI=1S/2C23H27.C12H7Si.Zr/c2*1-5-17(4)20-14-19-10-8-12-22(23(19)15-20)21-11-7-6-9-18(21)13-16(2)3;1-3-7-11-9(5-1)10-6-2-4-8-12(10)13-11;/h2*6-12,14-17H,5,13H2,1-4H3;1-7H;/q3*-1;+3. The monoisotopic (exact) mass is 875 g/mol. The Kier molecular flexibility index (Phi) is 15.8. The van der Waals surface area contributed by atoms with E-state index in [1.807, 2.05) is 6.07 Å². The maximum Gasteiger partial charge on any atom is 3.00 e. The van der Waals surface area contributed by atoms with E-state index in [2.05, 4.69) is 207 Å². The summed E-state index contributed by atoms with van der Waals surface area (Å²) in [4.78, 5) is 0. The van der Waals surface area contributed by atoms with Crippen LogP contribution in [-0.2, 0) is 39.0 Å². The van der Waals surface area contributed by atoms with Crippen LogP contribution in [0, 0.1) is 17.9 Å². The van der Waals surface area contributed by atoms with Crippen molar-refractivity contribution in [1.29, 1.82) is 0 Å². The summed E-state index contributed by atoms with van der Waals surface area (Å²) in [5.41, 5.74) is 14.2. The first-order valence-electron chi connectivity index (χ1n) is 22.1. The molecule has 3 radical (unpaired) electrons. The molecular formula is C58H61SiZr. The Bertz CT molecular complexity index is 2430. The number of hydrogen-bond acceptors (Lipinski definition) is 0. The van der Waals surface area contributed by atoms with Crippen molar-refractivity contribution in [2.45, 2.75) is 92.9 Å². The van der Waals surface area contributed by atoms with Crippen LogP contribution in [0.5, 0.6) is 0 Å². The molecule has 2 unspecified atom stereocenters. The first-order valence-corrected chi connectivity index (χ1v) is 23.1. The molecule has 0 saturated heterocycles. The van der Waals surface area contributed by atoms with Crippen molar-refractivity contribution in [3.05, 3.63) is 180 Å². The van der Waals surface area contributed by atoms with Crippen LogP contribution in [-0.4, -0.2) is 9.52 Å². The van der Waals surface area contributed by atoms with Crippen molar-refractivity contribution in [2.75, 3.05) is 0 Å². The largest absolute Gasteiger partial charge is 3.00 e. The Morgan fingerprint density at radius 1 is 0.483 bits per heavy atom. The number of fused-ring (bicyclic) bond motifs is 5. The Morgan fingerprint density at radius 3 is 1.40 bits per heavy atom. The number of hydrogen-bond donors (Lipinski definition) is 0. The maximum absolute atomic E-state index is 3.31. The van der Waals surface area contributed by atoms with E-state index in [1.165, 1.54) is 100 Å². The summed E-state index contributed by atoms with van der Waals surface area (Å²) in [6.45, 7) is 18.3. The molecule has 9 rings (SSSR count). The summed E-state index contributed by atoms with van der Waals surface area (Å²) in [6.07, 6.45) is 4.64. The molecule has 301 valence electrons. The van der Waals surface area contributed by atoms with Crippen LogP contribution in [0.25, 0.3) is 54.9 Å². The van der Waals surface area contributed by atoms with Gasteiger partial charge in [-0.05, 0) is 58.8 Å². The van der Waals surface area contributed by atoms with E-state index in [4.69, 9.17) is 0 Å². The van der Waals surface area contributed by atoms with E-state index >= 15 is 0 Å². The van der Waals surface area contributed by atoms with Crippen molar-refractivity contribution < 1.29 is 26.2 Å². The summed E-state index contributed by atoms with van der Waals surface area (Å²) >= 11 is 0. The molecule has 0 bridgehead atoms. The Morgan fingerprint density at radius 2 is 0.917 bits per heavy atom. The molecule has 0 saturated carbocycles. The van der Waals surface area contributed by atoms with E-state index in [9.17, 15) is 0 Å². The molecule has 2 heteroatoms. The fourth-order valence-electron chi connectivity index (χ4n) is 8.55. The van der Waals surface area contributed by atoms with Crippen LogP contribution in [0.3, 0.4) is 0 Å². The average Bonchev–Trinajstić information content (AvgIpc) is 3.99. The molecule has 60 heavy (non-hydrogen) atoms. The van der Waals surface area contributed by atoms with E-state index < -0.39 is 0 Å². The zero-order valence-corrected chi connectivity index (χ0v) is 40.5. The van der Waals surface area contributed by atoms with Gasteiger partial charge in [-0.2, -0.15) is 41.6 Å².